The van der Waals surface area contributed by atoms with Crippen LogP contribution < -0.4 is 5.32 Å². The van der Waals surface area contributed by atoms with E-state index < -0.39 is 11.4 Å². The Kier molecular flexibility index (Phi) is 4.74. The van der Waals surface area contributed by atoms with Crippen LogP contribution in [0, 0.1) is 11.6 Å². The summed E-state index contributed by atoms with van der Waals surface area (Å²) in [6, 6.07) is 10.7. The third-order valence-electron chi connectivity index (χ3n) is 4.99. The van der Waals surface area contributed by atoms with Gasteiger partial charge in [-0.2, -0.15) is 0 Å². The number of halogens is 3. The number of H-pyrrole nitrogens is 1. The van der Waals surface area contributed by atoms with Gasteiger partial charge in [-0.15, -0.1) is 0 Å². The van der Waals surface area contributed by atoms with Crippen LogP contribution in [0.15, 0.2) is 46.9 Å². The summed E-state index contributed by atoms with van der Waals surface area (Å²) in [5.41, 5.74) is 0.981. The minimum atomic E-state index is -0.653. The van der Waals surface area contributed by atoms with Gasteiger partial charge in [0.25, 0.3) is 5.91 Å². The lowest BCUT2D eigenvalue weighted by atomic mass is 9.82. The molecular formula is C20H17BrF2N2O2. The third-order valence-corrected chi connectivity index (χ3v) is 5.45. The molecule has 0 unspecified atom stereocenters. The van der Waals surface area contributed by atoms with Crippen molar-refractivity contribution in [2.24, 2.45) is 0 Å². The predicted octanol–water partition coefficient (Wildman–Crippen LogP) is 4.64. The first-order valence-corrected chi connectivity index (χ1v) is 9.40. The van der Waals surface area contributed by atoms with Crippen LogP contribution in [0.25, 0.3) is 10.9 Å². The fraction of sp³-hybridized carbons (Fsp3) is 0.250. The predicted molar refractivity (Wildman–Crippen MR) is 102 cm³/mol. The molecule has 2 N–H and O–H groups in total. The topological polar surface area (TPSA) is 54.1 Å². The van der Waals surface area contributed by atoms with Gasteiger partial charge in [-0.1, -0.05) is 28.1 Å². The van der Waals surface area contributed by atoms with Crippen LogP contribution in [0.3, 0.4) is 0 Å². The Morgan fingerprint density at radius 2 is 1.81 bits per heavy atom. The molecule has 0 aliphatic carbocycles. The second-order valence-corrected chi connectivity index (χ2v) is 7.60. The highest BCUT2D eigenvalue weighted by molar-refractivity contribution is 9.10. The number of fused-ring (bicyclic) bond motifs is 1. The van der Waals surface area contributed by atoms with Crippen molar-refractivity contribution in [3.05, 3.63) is 69.8 Å². The molecule has 0 radical (unpaired) electrons. The number of aromatic nitrogens is 1. The molecule has 0 spiro atoms. The van der Waals surface area contributed by atoms with E-state index in [9.17, 15) is 13.6 Å². The first-order valence-electron chi connectivity index (χ1n) is 8.61. The number of carbonyl (C=O) groups is 1. The molecule has 1 amide bonds. The van der Waals surface area contributed by atoms with Crippen molar-refractivity contribution >= 4 is 32.7 Å². The number of amides is 1. The highest BCUT2D eigenvalue weighted by Crippen LogP contribution is 2.33. The van der Waals surface area contributed by atoms with E-state index in [2.05, 4.69) is 26.2 Å². The molecule has 0 atom stereocenters. The Bertz CT molecular complexity index is 995. The largest absolute Gasteiger partial charge is 0.381 e. The summed E-state index contributed by atoms with van der Waals surface area (Å²) in [5, 5.41) is 3.43. The van der Waals surface area contributed by atoms with Crippen molar-refractivity contribution in [1.82, 2.24) is 10.3 Å². The van der Waals surface area contributed by atoms with Gasteiger partial charge in [-0.25, -0.2) is 8.78 Å². The van der Waals surface area contributed by atoms with Gasteiger partial charge >= 0.3 is 0 Å². The lowest BCUT2D eigenvalue weighted by molar-refractivity contribution is 0.0344. The smallest absolute Gasteiger partial charge is 0.268 e. The molecule has 1 fully saturated rings. The van der Waals surface area contributed by atoms with E-state index in [0.717, 1.165) is 5.56 Å². The first-order chi connectivity index (χ1) is 13.0. The summed E-state index contributed by atoms with van der Waals surface area (Å²) in [7, 11) is 0. The fourth-order valence-electron chi connectivity index (χ4n) is 3.54. The van der Waals surface area contributed by atoms with Crippen molar-refractivity contribution in [2.45, 2.75) is 18.4 Å². The van der Waals surface area contributed by atoms with Gasteiger partial charge in [0.15, 0.2) is 0 Å². The number of hydrogen-bond acceptors (Lipinski definition) is 2. The Hall–Kier alpha value is -2.25. The minimum Gasteiger partial charge on any atom is -0.381 e. The zero-order valence-electron chi connectivity index (χ0n) is 14.3. The summed E-state index contributed by atoms with van der Waals surface area (Å²) >= 11 is 3.25. The van der Waals surface area contributed by atoms with E-state index in [1.165, 1.54) is 24.3 Å². The van der Waals surface area contributed by atoms with Crippen molar-refractivity contribution in [1.29, 1.82) is 0 Å². The third kappa shape index (κ3) is 3.49. The standard InChI is InChI=1S/C20H17BrF2N2O2/c21-13-9-16(23)15-11-18(24-17(15)10-13)19(26)25-20(5-7-27-8-6-20)12-1-3-14(22)4-2-12/h1-4,9-11,24H,5-8H2,(H,25,26). The van der Waals surface area contributed by atoms with E-state index in [4.69, 9.17) is 4.74 Å². The van der Waals surface area contributed by atoms with Gasteiger partial charge in [0, 0.05) is 23.1 Å². The van der Waals surface area contributed by atoms with Crippen molar-refractivity contribution in [2.75, 3.05) is 13.2 Å². The molecule has 2 heterocycles. The van der Waals surface area contributed by atoms with Crippen molar-refractivity contribution < 1.29 is 18.3 Å². The SMILES string of the molecule is O=C(NC1(c2ccc(F)cc2)CCOCC1)c1cc2c(F)cc(Br)cc2[nH]1. The van der Waals surface area contributed by atoms with Crippen LogP contribution in [0.1, 0.15) is 28.9 Å². The average molecular weight is 435 g/mol. The van der Waals surface area contributed by atoms with Crippen molar-refractivity contribution in [3.8, 4) is 0 Å². The number of benzene rings is 2. The Balaban J connectivity index is 1.68. The minimum absolute atomic E-state index is 0.273. The zero-order chi connectivity index (χ0) is 19.0. The summed E-state index contributed by atoms with van der Waals surface area (Å²) in [6.07, 6.45) is 1.15. The lowest BCUT2D eigenvalue weighted by Crippen LogP contribution is -2.49. The molecule has 140 valence electrons. The van der Waals surface area contributed by atoms with E-state index in [-0.39, 0.29) is 17.4 Å². The second-order valence-electron chi connectivity index (χ2n) is 6.69. The van der Waals surface area contributed by atoms with Gasteiger partial charge in [-0.3, -0.25) is 4.79 Å². The number of nitrogens with one attached hydrogen (secondary N) is 2. The highest BCUT2D eigenvalue weighted by atomic mass is 79.9. The molecule has 1 aliphatic rings. The number of carbonyl (C=O) groups excluding carboxylic acids is 1. The quantitative estimate of drug-likeness (QED) is 0.630. The molecule has 27 heavy (non-hydrogen) atoms. The first kappa shape index (κ1) is 18.1. The maximum absolute atomic E-state index is 14.1. The van der Waals surface area contributed by atoms with E-state index in [1.807, 2.05) is 0 Å². The summed E-state index contributed by atoms with van der Waals surface area (Å²) in [6.45, 7) is 0.984. The maximum atomic E-state index is 14.1. The Morgan fingerprint density at radius 1 is 1.11 bits per heavy atom. The second kappa shape index (κ2) is 7.05. The number of rotatable bonds is 3. The Morgan fingerprint density at radius 3 is 2.52 bits per heavy atom. The van der Waals surface area contributed by atoms with Gasteiger partial charge < -0.3 is 15.0 Å². The van der Waals surface area contributed by atoms with Gasteiger partial charge in [0.1, 0.15) is 17.3 Å². The molecule has 2 aromatic carbocycles. The lowest BCUT2D eigenvalue weighted by Gasteiger charge is -2.38. The molecule has 1 aromatic heterocycles. The van der Waals surface area contributed by atoms with Crippen molar-refractivity contribution in [3.63, 3.8) is 0 Å². The molecule has 0 saturated carbocycles. The van der Waals surface area contributed by atoms with Crippen LogP contribution in [0.5, 0.6) is 0 Å². The number of hydrogen-bond donors (Lipinski definition) is 2. The monoisotopic (exact) mass is 434 g/mol. The average Bonchev–Trinajstić information content (AvgIpc) is 3.07. The van der Waals surface area contributed by atoms with Crippen LogP contribution in [0.2, 0.25) is 0 Å². The van der Waals surface area contributed by atoms with Gasteiger partial charge in [-0.05, 0) is 48.7 Å². The summed E-state index contributed by atoms with van der Waals surface area (Å²) in [4.78, 5) is 15.9. The summed E-state index contributed by atoms with van der Waals surface area (Å²) in [5.74, 6) is -1.08. The van der Waals surface area contributed by atoms with E-state index >= 15 is 0 Å². The molecule has 1 saturated heterocycles. The molecule has 7 heteroatoms. The number of aromatic amines is 1. The molecule has 4 nitrogen and oxygen atoms in total. The normalized spacial score (nSPS) is 16.4. The van der Waals surface area contributed by atoms with Gasteiger partial charge in [0.05, 0.1) is 11.1 Å². The Labute approximate surface area is 163 Å². The highest BCUT2D eigenvalue weighted by Gasteiger charge is 2.36. The molecular weight excluding hydrogens is 418 g/mol. The van der Waals surface area contributed by atoms with Crippen LogP contribution in [-0.4, -0.2) is 24.1 Å². The molecule has 0 bridgehead atoms. The maximum Gasteiger partial charge on any atom is 0.268 e. The van der Waals surface area contributed by atoms with Crippen LogP contribution in [0.4, 0.5) is 8.78 Å². The van der Waals surface area contributed by atoms with Crippen LogP contribution >= 0.6 is 15.9 Å². The van der Waals surface area contributed by atoms with Crippen LogP contribution in [-0.2, 0) is 10.3 Å². The molecule has 1 aliphatic heterocycles. The molecule has 3 aromatic rings. The zero-order valence-corrected chi connectivity index (χ0v) is 15.9. The van der Waals surface area contributed by atoms with E-state index in [1.54, 1.807) is 18.2 Å². The van der Waals surface area contributed by atoms with Gasteiger partial charge in [0.2, 0.25) is 0 Å². The molecule has 4 rings (SSSR count). The van der Waals surface area contributed by atoms with E-state index in [0.29, 0.717) is 41.4 Å². The summed E-state index contributed by atoms with van der Waals surface area (Å²) < 4.78 is 33.5. The number of ether oxygens (including phenoxy) is 1. The fourth-order valence-corrected chi connectivity index (χ4v) is 3.97.